The highest BCUT2D eigenvalue weighted by atomic mass is 19.4. The number of phenolic OH excluding ortho intramolecular Hbond substituents is 1. The Morgan fingerprint density at radius 1 is 0.938 bits per heavy atom. The fourth-order valence-electron chi connectivity index (χ4n) is 3.48. The highest BCUT2D eigenvalue weighted by Gasteiger charge is 2.35. The lowest BCUT2D eigenvalue weighted by atomic mass is 9.97. The molecule has 1 heterocycles. The number of alkyl halides is 3. The highest BCUT2D eigenvalue weighted by molar-refractivity contribution is 6.06. The third kappa shape index (κ3) is 4.18. The molecular weight excluding hydrogens is 431 g/mol. The van der Waals surface area contributed by atoms with Crippen LogP contribution in [-0.4, -0.2) is 21.7 Å². The molecule has 4 nitrogen and oxygen atoms in total. The van der Waals surface area contributed by atoms with Gasteiger partial charge in [-0.1, -0.05) is 12.1 Å². The Labute approximate surface area is 179 Å². The number of halogens is 5. The fraction of sp³-hybridized carbons (Fsp3) is 0.130. The summed E-state index contributed by atoms with van der Waals surface area (Å²) in [6.45, 7) is 0. The van der Waals surface area contributed by atoms with Crippen LogP contribution in [0, 0.1) is 11.6 Å². The Hall–Kier alpha value is -3.75. The number of nitrogens with zero attached hydrogens (tertiary/aromatic N) is 2. The van der Waals surface area contributed by atoms with E-state index >= 15 is 0 Å². The maximum Gasteiger partial charge on any atom is 0.416 e. The lowest BCUT2D eigenvalue weighted by Gasteiger charge is -2.22. The molecule has 1 aliphatic heterocycles. The lowest BCUT2D eigenvalue weighted by Crippen LogP contribution is -2.27. The molecule has 0 saturated carbocycles. The predicted molar refractivity (Wildman–Crippen MR) is 106 cm³/mol. The summed E-state index contributed by atoms with van der Waals surface area (Å²) < 4.78 is 65.7. The second-order valence-corrected chi connectivity index (χ2v) is 7.20. The van der Waals surface area contributed by atoms with E-state index in [9.17, 15) is 31.9 Å². The maximum absolute atomic E-state index is 13.7. The van der Waals surface area contributed by atoms with Crippen LogP contribution >= 0.6 is 0 Å². The van der Waals surface area contributed by atoms with E-state index in [1.807, 2.05) is 0 Å². The van der Waals surface area contributed by atoms with Crippen molar-refractivity contribution in [3.63, 3.8) is 0 Å². The van der Waals surface area contributed by atoms with Gasteiger partial charge in [0.2, 0.25) is 0 Å². The number of hydrogen-bond acceptors (Lipinski definition) is 3. The minimum absolute atomic E-state index is 0.0430. The van der Waals surface area contributed by atoms with Crippen molar-refractivity contribution in [2.24, 2.45) is 5.10 Å². The highest BCUT2D eigenvalue weighted by Crippen LogP contribution is 2.36. The summed E-state index contributed by atoms with van der Waals surface area (Å²) in [4.78, 5) is 13.1. The van der Waals surface area contributed by atoms with Gasteiger partial charge in [-0.25, -0.2) is 13.8 Å². The summed E-state index contributed by atoms with van der Waals surface area (Å²) >= 11 is 0. The molecule has 164 valence electrons. The van der Waals surface area contributed by atoms with Gasteiger partial charge in [-0.05, 0) is 60.2 Å². The number of hydrazone groups is 1. The Balaban J connectivity index is 1.73. The number of aromatic hydroxyl groups is 1. The zero-order valence-corrected chi connectivity index (χ0v) is 16.3. The number of carbonyl (C=O) groups excluding carboxylic acids is 1. The molecule has 0 aromatic heterocycles. The molecule has 1 atom stereocenters. The Bertz CT molecular complexity index is 1190. The van der Waals surface area contributed by atoms with Crippen molar-refractivity contribution in [3.05, 3.63) is 101 Å². The van der Waals surface area contributed by atoms with Crippen molar-refractivity contribution < 1.29 is 31.9 Å². The van der Waals surface area contributed by atoms with E-state index in [-0.39, 0.29) is 29.0 Å². The lowest BCUT2D eigenvalue weighted by molar-refractivity contribution is -0.137. The molecule has 3 aromatic carbocycles. The van der Waals surface area contributed by atoms with E-state index in [0.29, 0.717) is 5.56 Å². The third-order valence-corrected chi connectivity index (χ3v) is 5.10. The number of rotatable bonds is 3. The van der Waals surface area contributed by atoms with Gasteiger partial charge in [0, 0.05) is 17.5 Å². The zero-order valence-electron chi connectivity index (χ0n) is 16.3. The molecule has 0 saturated heterocycles. The minimum Gasteiger partial charge on any atom is -0.507 e. The summed E-state index contributed by atoms with van der Waals surface area (Å²) in [5.41, 5.74) is -0.143. The molecule has 3 aromatic rings. The van der Waals surface area contributed by atoms with Crippen LogP contribution < -0.4 is 0 Å². The van der Waals surface area contributed by atoms with Crippen LogP contribution in [-0.2, 0) is 6.18 Å². The van der Waals surface area contributed by atoms with Gasteiger partial charge in [0.15, 0.2) is 0 Å². The van der Waals surface area contributed by atoms with E-state index in [4.69, 9.17) is 0 Å². The topological polar surface area (TPSA) is 52.9 Å². The molecule has 1 amide bonds. The van der Waals surface area contributed by atoms with Gasteiger partial charge in [-0.15, -0.1) is 0 Å². The van der Waals surface area contributed by atoms with E-state index in [1.54, 1.807) is 0 Å². The second-order valence-electron chi connectivity index (χ2n) is 7.20. The number of phenols is 1. The number of amides is 1. The van der Waals surface area contributed by atoms with Crippen molar-refractivity contribution in [1.82, 2.24) is 5.01 Å². The van der Waals surface area contributed by atoms with Crippen molar-refractivity contribution >= 4 is 11.6 Å². The van der Waals surface area contributed by atoms with Gasteiger partial charge in [-0.2, -0.15) is 18.3 Å². The van der Waals surface area contributed by atoms with Crippen LogP contribution in [0.3, 0.4) is 0 Å². The largest absolute Gasteiger partial charge is 0.507 e. The van der Waals surface area contributed by atoms with Gasteiger partial charge in [-0.3, -0.25) is 4.79 Å². The molecule has 0 radical (unpaired) electrons. The maximum atomic E-state index is 13.7. The summed E-state index contributed by atoms with van der Waals surface area (Å²) in [5.74, 6) is -2.05. The normalized spacial score (nSPS) is 16.2. The standard InChI is InChI=1S/C23H15F5N2O2/c24-16-7-3-13(4-8-16)20-12-19(18-11-17(25)9-10-21(18)31)29-30(20)22(32)14-1-5-15(6-2-14)23(26,27)28/h1-11,20,31H,12H2. The van der Waals surface area contributed by atoms with E-state index < -0.39 is 35.3 Å². The van der Waals surface area contributed by atoms with Crippen LogP contribution in [0.4, 0.5) is 22.0 Å². The number of carbonyl (C=O) groups is 1. The van der Waals surface area contributed by atoms with Crippen molar-refractivity contribution in [1.29, 1.82) is 0 Å². The van der Waals surface area contributed by atoms with Gasteiger partial charge < -0.3 is 5.11 Å². The van der Waals surface area contributed by atoms with Crippen LogP contribution in [0.25, 0.3) is 0 Å². The Kier molecular flexibility index (Phi) is 5.41. The smallest absolute Gasteiger partial charge is 0.416 e. The summed E-state index contributed by atoms with van der Waals surface area (Å²) in [5, 5.41) is 15.4. The number of hydrogen-bond donors (Lipinski definition) is 1. The van der Waals surface area contributed by atoms with Crippen LogP contribution in [0.1, 0.15) is 39.5 Å². The van der Waals surface area contributed by atoms with Crippen LogP contribution in [0.5, 0.6) is 5.75 Å². The molecule has 0 fully saturated rings. The summed E-state index contributed by atoms with van der Waals surface area (Å²) in [6, 6.07) is 11.5. The molecule has 4 rings (SSSR count). The monoisotopic (exact) mass is 446 g/mol. The predicted octanol–water partition coefficient (Wildman–Crippen LogP) is 5.68. The van der Waals surface area contributed by atoms with Gasteiger partial charge in [0.25, 0.3) is 5.91 Å². The molecule has 1 N–H and O–H groups in total. The molecule has 1 unspecified atom stereocenters. The average molecular weight is 446 g/mol. The second kappa shape index (κ2) is 8.07. The first-order valence-corrected chi connectivity index (χ1v) is 9.46. The van der Waals surface area contributed by atoms with E-state index in [0.717, 1.165) is 47.5 Å². The average Bonchev–Trinajstić information content (AvgIpc) is 3.20. The van der Waals surface area contributed by atoms with E-state index in [1.165, 1.54) is 24.3 Å². The quantitative estimate of drug-likeness (QED) is 0.527. The van der Waals surface area contributed by atoms with Gasteiger partial charge in [0.1, 0.15) is 17.4 Å². The first kappa shape index (κ1) is 21.5. The first-order chi connectivity index (χ1) is 15.1. The Morgan fingerprint density at radius 3 is 2.19 bits per heavy atom. The van der Waals surface area contributed by atoms with Crippen molar-refractivity contribution in [3.8, 4) is 5.75 Å². The molecule has 0 spiro atoms. The first-order valence-electron chi connectivity index (χ1n) is 9.46. The zero-order chi connectivity index (χ0) is 23.0. The number of benzene rings is 3. The minimum atomic E-state index is -4.55. The third-order valence-electron chi connectivity index (χ3n) is 5.10. The van der Waals surface area contributed by atoms with Crippen LogP contribution in [0.15, 0.2) is 71.8 Å². The molecule has 0 aliphatic carbocycles. The molecular formula is C23H15F5N2O2. The molecule has 9 heteroatoms. The molecule has 1 aliphatic rings. The van der Waals surface area contributed by atoms with Crippen LogP contribution in [0.2, 0.25) is 0 Å². The van der Waals surface area contributed by atoms with Gasteiger partial charge >= 0.3 is 6.18 Å². The van der Waals surface area contributed by atoms with Gasteiger partial charge in [0.05, 0.1) is 17.3 Å². The molecule has 0 bridgehead atoms. The fourth-order valence-corrected chi connectivity index (χ4v) is 3.48. The van der Waals surface area contributed by atoms with Crippen molar-refractivity contribution in [2.45, 2.75) is 18.6 Å². The summed E-state index contributed by atoms with van der Waals surface area (Å²) in [6.07, 6.45) is -4.47. The SMILES string of the molecule is O=C(c1ccc(C(F)(F)F)cc1)N1N=C(c2cc(F)ccc2O)CC1c1ccc(F)cc1. The van der Waals surface area contributed by atoms with Crippen molar-refractivity contribution in [2.75, 3.05) is 0 Å². The Morgan fingerprint density at radius 2 is 1.56 bits per heavy atom. The van der Waals surface area contributed by atoms with E-state index in [2.05, 4.69) is 5.10 Å². The summed E-state index contributed by atoms with van der Waals surface area (Å²) in [7, 11) is 0. The molecule has 32 heavy (non-hydrogen) atoms.